The summed E-state index contributed by atoms with van der Waals surface area (Å²) in [4.78, 5) is 34.9. The third-order valence-corrected chi connectivity index (χ3v) is 5.26. The van der Waals surface area contributed by atoms with Crippen LogP contribution in [-0.4, -0.2) is 91.5 Å². The maximum Gasteiger partial charge on any atom is 0.414 e. The van der Waals surface area contributed by atoms with Crippen molar-refractivity contribution in [3.05, 3.63) is 48.0 Å². The van der Waals surface area contributed by atoms with Crippen LogP contribution in [0.15, 0.2) is 42.5 Å². The van der Waals surface area contributed by atoms with Gasteiger partial charge in [0.05, 0.1) is 20.8 Å². The highest BCUT2D eigenvalue weighted by Crippen LogP contribution is 2.28. The molecular weight excluding hydrogens is 472 g/mol. The van der Waals surface area contributed by atoms with E-state index in [4.69, 9.17) is 38.7 Å². The number of rotatable bonds is 9. The fraction of sp³-hybridized carbons (Fsp3) is 0.400. The monoisotopic (exact) mass is 504 g/mol. The number of carboxylic acid groups (broad SMARTS) is 2. The van der Waals surface area contributed by atoms with Gasteiger partial charge in [0.2, 0.25) is 0 Å². The molecule has 1 heterocycles. The summed E-state index contributed by atoms with van der Waals surface area (Å²) in [5.74, 6) is -0.712. The minimum Gasteiger partial charge on any atom is -0.497 e. The number of amides is 1. The number of hydrogen-bond donors (Lipinski definition) is 2. The Bertz CT molecular complexity index is 991. The number of aliphatic carboxylic acids is 2. The van der Waals surface area contributed by atoms with Crippen molar-refractivity contribution in [1.29, 1.82) is 0 Å². The maximum absolute atomic E-state index is 12.5. The fourth-order valence-corrected chi connectivity index (χ4v) is 3.41. The SMILES string of the molecule is CCOc1cc(CN2CCN(C(=O)COc3ccc(OC)cc3)CC2)ccc1OC.O=C(O)C(=O)O. The number of methoxy groups -OCH3 is 2. The summed E-state index contributed by atoms with van der Waals surface area (Å²) < 4.78 is 21.8. The first-order valence-corrected chi connectivity index (χ1v) is 11.3. The van der Waals surface area contributed by atoms with E-state index < -0.39 is 11.9 Å². The van der Waals surface area contributed by atoms with Crippen LogP contribution in [0.5, 0.6) is 23.0 Å². The van der Waals surface area contributed by atoms with E-state index in [0.29, 0.717) is 25.4 Å². The Labute approximate surface area is 209 Å². The number of piperazine rings is 1. The first-order valence-electron chi connectivity index (χ1n) is 11.3. The van der Waals surface area contributed by atoms with E-state index >= 15 is 0 Å². The van der Waals surface area contributed by atoms with Crippen molar-refractivity contribution < 1.29 is 43.5 Å². The predicted molar refractivity (Wildman–Crippen MR) is 130 cm³/mol. The Hall–Kier alpha value is -3.99. The van der Waals surface area contributed by atoms with Crippen LogP contribution in [0.2, 0.25) is 0 Å². The van der Waals surface area contributed by atoms with E-state index in [1.54, 1.807) is 26.4 Å². The predicted octanol–water partition coefficient (Wildman–Crippen LogP) is 1.98. The van der Waals surface area contributed by atoms with E-state index in [1.165, 1.54) is 5.56 Å². The van der Waals surface area contributed by atoms with Crippen molar-refractivity contribution in [3.63, 3.8) is 0 Å². The zero-order chi connectivity index (χ0) is 26.5. The third-order valence-electron chi connectivity index (χ3n) is 5.26. The molecule has 1 aliphatic heterocycles. The molecule has 11 nitrogen and oxygen atoms in total. The standard InChI is InChI=1S/C23H30N2O5.C2H2O4/c1-4-29-22-15-18(5-10-21(22)28-3)16-24-11-13-25(14-12-24)23(26)17-30-20-8-6-19(27-2)7-9-20;3-1(4)2(5)6/h5-10,15H,4,11-14,16-17H2,1-3H3;(H,3,4)(H,5,6). The second-order valence-electron chi connectivity index (χ2n) is 7.65. The van der Waals surface area contributed by atoms with Crippen molar-refractivity contribution in [2.75, 3.05) is 53.6 Å². The van der Waals surface area contributed by atoms with Crippen molar-refractivity contribution in [2.24, 2.45) is 0 Å². The minimum absolute atomic E-state index is 0.00791. The van der Waals surface area contributed by atoms with Crippen LogP contribution < -0.4 is 18.9 Å². The molecule has 2 aromatic carbocycles. The molecule has 0 bridgehead atoms. The van der Waals surface area contributed by atoms with Gasteiger partial charge in [0.1, 0.15) is 11.5 Å². The molecule has 1 fully saturated rings. The second kappa shape index (κ2) is 14.4. The van der Waals surface area contributed by atoms with Crippen LogP contribution >= 0.6 is 0 Å². The van der Waals surface area contributed by atoms with E-state index in [-0.39, 0.29) is 12.5 Å². The number of carbonyl (C=O) groups excluding carboxylic acids is 1. The molecule has 1 aliphatic rings. The molecule has 36 heavy (non-hydrogen) atoms. The van der Waals surface area contributed by atoms with Crippen LogP contribution in [0.1, 0.15) is 12.5 Å². The topological polar surface area (TPSA) is 135 Å². The van der Waals surface area contributed by atoms with Crippen LogP contribution in [-0.2, 0) is 20.9 Å². The lowest BCUT2D eigenvalue weighted by atomic mass is 10.1. The summed E-state index contributed by atoms with van der Waals surface area (Å²) >= 11 is 0. The largest absolute Gasteiger partial charge is 0.497 e. The average molecular weight is 505 g/mol. The van der Waals surface area contributed by atoms with Crippen molar-refractivity contribution >= 4 is 17.8 Å². The van der Waals surface area contributed by atoms with Gasteiger partial charge in [0, 0.05) is 32.7 Å². The summed E-state index contributed by atoms with van der Waals surface area (Å²) in [7, 11) is 3.26. The first-order chi connectivity index (χ1) is 17.3. The van der Waals surface area contributed by atoms with Gasteiger partial charge >= 0.3 is 11.9 Å². The zero-order valence-electron chi connectivity index (χ0n) is 20.6. The van der Waals surface area contributed by atoms with E-state index in [9.17, 15) is 4.79 Å². The van der Waals surface area contributed by atoms with Crippen molar-refractivity contribution in [1.82, 2.24) is 9.80 Å². The van der Waals surface area contributed by atoms with E-state index in [0.717, 1.165) is 36.9 Å². The molecule has 2 N–H and O–H groups in total. The smallest absolute Gasteiger partial charge is 0.414 e. The number of nitrogens with zero attached hydrogens (tertiary/aromatic N) is 2. The lowest BCUT2D eigenvalue weighted by Gasteiger charge is -2.34. The molecule has 0 saturated carbocycles. The average Bonchev–Trinajstić information content (AvgIpc) is 2.88. The summed E-state index contributed by atoms with van der Waals surface area (Å²) in [6.07, 6.45) is 0. The highest BCUT2D eigenvalue weighted by atomic mass is 16.5. The summed E-state index contributed by atoms with van der Waals surface area (Å²) in [6, 6.07) is 13.3. The molecule has 0 radical (unpaired) electrons. The van der Waals surface area contributed by atoms with Crippen LogP contribution in [0.3, 0.4) is 0 Å². The molecule has 1 saturated heterocycles. The second-order valence-corrected chi connectivity index (χ2v) is 7.65. The summed E-state index contributed by atoms with van der Waals surface area (Å²) in [5, 5.41) is 14.8. The zero-order valence-corrected chi connectivity index (χ0v) is 20.6. The molecule has 2 aromatic rings. The van der Waals surface area contributed by atoms with Gasteiger partial charge in [-0.2, -0.15) is 0 Å². The van der Waals surface area contributed by atoms with Crippen LogP contribution in [0.4, 0.5) is 0 Å². The molecule has 3 rings (SSSR count). The first kappa shape index (κ1) is 28.2. The number of ether oxygens (including phenoxy) is 4. The minimum atomic E-state index is -1.82. The normalized spacial score (nSPS) is 13.1. The van der Waals surface area contributed by atoms with Gasteiger partial charge in [-0.05, 0) is 48.9 Å². The van der Waals surface area contributed by atoms with Gasteiger partial charge in [-0.3, -0.25) is 9.69 Å². The number of carboxylic acids is 2. The molecule has 0 aliphatic carbocycles. The molecule has 0 unspecified atom stereocenters. The lowest BCUT2D eigenvalue weighted by Crippen LogP contribution is -2.49. The number of carbonyl (C=O) groups is 3. The van der Waals surface area contributed by atoms with Crippen molar-refractivity contribution in [3.8, 4) is 23.0 Å². The van der Waals surface area contributed by atoms with Gasteiger partial charge in [0.25, 0.3) is 5.91 Å². The fourth-order valence-electron chi connectivity index (χ4n) is 3.41. The summed E-state index contributed by atoms with van der Waals surface area (Å²) in [6.45, 7) is 6.45. The Morgan fingerprint density at radius 1 is 0.806 bits per heavy atom. The molecule has 0 atom stereocenters. The Kier molecular flexibility index (Phi) is 11.3. The van der Waals surface area contributed by atoms with Crippen LogP contribution in [0, 0.1) is 0 Å². The third kappa shape index (κ3) is 8.99. The maximum atomic E-state index is 12.5. The van der Waals surface area contributed by atoms with Gasteiger partial charge in [-0.15, -0.1) is 0 Å². The molecular formula is C25H32N2O9. The molecule has 0 aromatic heterocycles. The Balaban J connectivity index is 0.000000678. The van der Waals surface area contributed by atoms with Gasteiger partial charge in [-0.1, -0.05) is 6.07 Å². The number of hydrogen-bond acceptors (Lipinski definition) is 8. The van der Waals surface area contributed by atoms with E-state index in [1.807, 2.05) is 36.1 Å². The van der Waals surface area contributed by atoms with Crippen LogP contribution in [0.25, 0.3) is 0 Å². The molecule has 0 spiro atoms. The molecule has 1 amide bonds. The highest BCUT2D eigenvalue weighted by Gasteiger charge is 2.22. The van der Waals surface area contributed by atoms with Gasteiger partial charge in [-0.25, -0.2) is 9.59 Å². The quantitative estimate of drug-likeness (QED) is 0.488. The Morgan fingerprint density at radius 3 is 1.94 bits per heavy atom. The van der Waals surface area contributed by atoms with Crippen molar-refractivity contribution in [2.45, 2.75) is 13.5 Å². The number of benzene rings is 2. The molecule has 11 heteroatoms. The van der Waals surface area contributed by atoms with Gasteiger partial charge < -0.3 is 34.1 Å². The lowest BCUT2D eigenvalue weighted by molar-refractivity contribution is -0.159. The Morgan fingerprint density at radius 2 is 1.42 bits per heavy atom. The molecule has 196 valence electrons. The summed E-state index contributed by atoms with van der Waals surface area (Å²) in [5.41, 5.74) is 1.17. The van der Waals surface area contributed by atoms with Gasteiger partial charge in [0.15, 0.2) is 18.1 Å². The highest BCUT2D eigenvalue weighted by molar-refractivity contribution is 6.27. The van der Waals surface area contributed by atoms with E-state index in [2.05, 4.69) is 11.0 Å².